The summed E-state index contributed by atoms with van der Waals surface area (Å²) in [5, 5.41) is 4.10. The Morgan fingerprint density at radius 3 is 2.53 bits per heavy atom. The van der Waals surface area contributed by atoms with Gasteiger partial charge in [-0.15, -0.1) is 0 Å². The van der Waals surface area contributed by atoms with Crippen LogP contribution in [-0.4, -0.2) is 18.3 Å². The Morgan fingerprint density at radius 1 is 1.35 bits per heavy atom. The number of hydrazone groups is 1. The van der Waals surface area contributed by atoms with E-state index in [9.17, 15) is 4.79 Å². The number of nitrogens with zero attached hydrogens (tertiary/aromatic N) is 1. The van der Waals surface area contributed by atoms with Crippen LogP contribution in [0.15, 0.2) is 35.4 Å². The number of ether oxygens (including phenoxy) is 1. The van der Waals surface area contributed by atoms with Crippen molar-refractivity contribution in [1.29, 1.82) is 0 Å². The van der Waals surface area contributed by atoms with Crippen LogP contribution >= 0.6 is 0 Å². The molecule has 0 aliphatic rings. The number of rotatable bonds is 5. The standard InChI is InChI=1S/C13H18N2O2/c1-4-17-13(16)12(10(2)3)15-14-11-8-6-5-7-9-11/h5-10,14H,4H2,1-3H3/b15-12+. The van der Waals surface area contributed by atoms with Crippen LogP contribution in [0.2, 0.25) is 0 Å². The molecule has 0 saturated heterocycles. The first-order chi connectivity index (χ1) is 8.15. The van der Waals surface area contributed by atoms with Gasteiger partial charge >= 0.3 is 5.97 Å². The molecule has 0 radical (unpaired) electrons. The Hall–Kier alpha value is -1.84. The van der Waals surface area contributed by atoms with Gasteiger partial charge in [0.25, 0.3) is 0 Å². The number of hydrogen-bond donors (Lipinski definition) is 1. The van der Waals surface area contributed by atoms with Crippen LogP contribution in [0.25, 0.3) is 0 Å². The average Bonchev–Trinajstić information content (AvgIpc) is 2.30. The largest absolute Gasteiger partial charge is 0.461 e. The topological polar surface area (TPSA) is 50.7 Å². The van der Waals surface area contributed by atoms with Crippen LogP contribution < -0.4 is 5.43 Å². The number of para-hydroxylation sites is 1. The first kappa shape index (κ1) is 13.2. The molecule has 17 heavy (non-hydrogen) atoms. The summed E-state index contributed by atoms with van der Waals surface area (Å²) in [7, 11) is 0. The van der Waals surface area contributed by atoms with E-state index in [2.05, 4.69) is 10.5 Å². The minimum atomic E-state index is -0.370. The molecule has 0 bridgehead atoms. The zero-order valence-corrected chi connectivity index (χ0v) is 10.4. The Morgan fingerprint density at radius 2 is 2.00 bits per heavy atom. The van der Waals surface area contributed by atoms with E-state index in [0.717, 1.165) is 5.69 Å². The number of carbonyl (C=O) groups excluding carboxylic acids is 1. The zero-order valence-electron chi connectivity index (χ0n) is 10.4. The molecule has 0 aliphatic heterocycles. The van der Waals surface area contributed by atoms with Gasteiger partial charge in [-0.25, -0.2) is 4.79 Å². The van der Waals surface area contributed by atoms with Gasteiger partial charge in [-0.1, -0.05) is 32.0 Å². The molecule has 4 heteroatoms. The van der Waals surface area contributed by atoms with Crippen molar-refractivity contribution in [3.63, 3.8) is 0 Å². The van der Waals surface area contributed by atoms with Crippen LogP contribution in [0.5, 0.6) is 0 Å². The Balaban J connectivity index is 2.74. The predicted molar refractivity (Wildman–Crippen MR) is 69.0 cm³/mol. The molecular formula is C13H18N2O2. The predicted octanol–water partition coefficient (Wildman–Crippen LogP) is 2.67. The normalized spacial score (nSPS) is 11.4. The molecule has 0 heterocycles. The molecule has 1 N–H and O–H groups in total. The Labute approximate surface area is 102 Å². The SMILES string of the molecule is CCOC(=O)/C(=N/Nc1ccccc1)C(C)C. The molecule has 0 spiro atoms. The average molecular weight is 234 g/mol. The van der Waals surface area contributed by atoms with E-state index in [4.69, 9.17) is 4.74 Å². The summed E-state index contributed by atoms with van der Waals surface area (Å²) in [6.07, 6.45) is 0. The molecule has 0 aromatic heterocycles. The van der Waals surface area contributed by atoms with E-state index in [-0.39, 0.29) is 11.9 Å². The lowest BCUT2D eigenvalue weighted by molar-refractivity contribution is -0.135. The van der Waals surface area contributed by atoms with Crippen LogP contribution in [-0.2, 0) is 9.53 Å². The molecule has 0 amide bonds. The van der Waals surface area contributed by atoms with Crippen molar-refractivity contribution in [2.75, 3.05) is 12.0 Å². The molecule has 0 aliphatic carbocycles. The van der Waals surface area contributed by atoms with Gasteiger partial charge in [-0.3, -0.25) is 5.43 Å². The van der Waals surface area contributed by atoms with E-state index in [1.807, 2.05) is 44.2 Å². The molecule has 92 valence electrons. The van der Waals surface area contributed by atoms with Gasteiger partial charge in [0.1, 0.15) is 5.71 Å². The molecule has 0 fully saturated rings. The summed E-state index contributed by atoms with van der Waals surface area (Å²) >= 11 is 0. The number of nitrogens with one attached hydrogen (secondary N) is 1. The van der Waals surface area contributed by atoms with Gasteiger partial charge < -0.3 is 4.74 Å². The lowest BCUT2D eigenvalue weighted by Gasteiger charge is -2.09. The molecule has 1 rings (SSSR count). The Kier molecular flexibility index (Phi) is 5.20. The maximum atomic E-state index is 11.6. The fourth-order valence-corrected chi connectivity index (χ4v) is 1.25. The summed E-state index contributed by atoms with van der Waals surface area (Å²) in [4.78, 5) is 11.6. The molecular weight excluding hydrogens is 216 g/mol. The summed E-state index contributed by atoms with van der Waals surface area (Å²) in [5.74, 6) is -0.351. The summed E-state index contributed by atoms with van der Waals surface area (Å²) in [6.45, 7) is 5.95. The van der Waals surface area contributed by atoms with E-state index < -0.39 is 0 Å². The van der Waals surface area contributed by atoms with Crippen LogP contribution in [0, 0.1) is 5.92 Å². The van der Waals surface area contributed by atoms with Crippen molar-refractivity contribution < 1.29 is 9.53 Å². The van der Waals surface area contributed by atoms with Crippen LogP contribution in [0.1, 0.15) is 20.8 Å². The third kappa shape index (κ3) is 4.26. The van der Waals surface area contributed by atoms with E-state index >= 15 is 0 Å². The number of hydrogen-bond acceptors (Lipinski definition) is 4. The highest BCUT2D eigenvalue weighted by Crippen LogP contribution is 2.07. The van der Waals surface area contributed by atoms with Crippen molar-refractivity contribution in [2.45, 2.75) is 20.8 Å². The maximum absolute atomic E-state index is 11.6. The monoisotopic (exact) mass is 234 g/mol. The van der Waals surface area contributed by atoms with Crippen LogP contribution in [0.3, 0.4) is 0 Å². The summed E-state index contributed by atoms with van der Waals surface area (Å²) in [6, 6.07) is 9.48. The third-order valence-corrected chi connectivity index (χ3v) is 2.11. The van der Waals surface area contributed by atoms with Crippen molar-refractivity contribution in [1.82, 2.24) is 0 Å². The highest BCUT2D eigenvalue weighted by atomic mass is 16.5. The van der Waals surface area contributed by atoms with Crippen LogP contribution in [0.4, 0.5) is 5.69 Å². The quantitative estimate of drug-likeness (QED) is 0.484. The van der Waals surface area contributed by atoms with Gasteiger partial charge in [0.15, 0.2) is 0 Å². The highest BCUT2D eigenvalue weighted by Gasteiger charge is 2.16. The van der Waals surface area contributed by atoms with Gasteiger partial charge in [0.2, 0.25) is 0 Å². The third-order valence-electron chi connectivity index (χ3n) is 2.11. The highest BCUT2D eigenvalue weighted by molar-refractivity contribution is 6.37. The first-order valence-corrected chi connectivity index (χ1v) is 5.71. The lowest BCUT2D eigenvalue weighted by atomic mass is 10.1. The van der Waals surface area contributed by atoms with Gasteiger partial charge in [0, 0.05) is 5.92 Å². The summed E-state index contributed by atoms with van der Waals surface area (Å²) < 4.78 is 4.94. The van der Waals surface area contributed by atoms with E-state index in [1.165, 1.54) is 0 Å². The number of benzene rings is 1. The second kappa shape index (κ2) is 6.68. The second-order valence-electron chi connectivity index (χ2n) is 3.85. The molecule has 0 atom stereocenters. The maximum Gasteiger partial charge on any atom is 0.354 e. The van der Waals surface area contributed by atoms with Crippen molar-refractivity contribution >= 4 is 17.4 Å². The molecule has 0 unspecified atom stereocenters. The fraction of sp³-hybridized carbons (Fsp3) is 0.385. The van der Waals surface area contributed by atoms with Gasteiger partial charge in [-0.05, 0) is 19.1 Å². The fourth-order valence-electron chi connectivity index (χ4n) is 1.25. The van der Waals surface area contributed by atoms with Crippen molar-refractivity contribution in [2.24, 2.45) is 11.0 Å². The number of carbonyl (C=O) groups is 1. The summed E-state index contributed by atoms with van der Waals surface area (Å²) in [5.41, 5.74) is 4.09. The second-order valence-corrected chi connectivity index (χ2v) is 3.85. The number of esters is 1. The Bertz CT molecular complexity index is 386. The molecule has 4 nitrogen and oxygen atoms in total. The van der Waals surface area contributed by atoms with Gasteiger partial charge in [-0.2, -0.15) is 5.10 Å². The molecule has 0 saturated carbocycles. The first-order valence-electron chi connectivity index (χ1n) is 5.71. The van der Waals surface area contributed by atoms with Crippen molar-refractivity contribution in [3.8, 4) is 0 Å². The zero-order chi connectivity index (χ0) is 12.7. The number of anilines is 1. The smallest absolute Gasteiger partial charge is 0.354 e. The van der Waals surface area contributed by atoms with E-state index in [1.54, 1.807) is 6.92 Å². The van der Waals surface area contributed by atoms with E-state index in [0.29, 0.717) is 12.3 Å². The van der Waals surface area contributed by atoms with Gasteiger partial charge in [0.05, 0.1) is 12.3 Å². The van der Waals surface area contributed by atoms with Crippen molar-refractivity contribution in [3.05, 3.63) is 30.3 Å². The molecule has 1 aromatic rings. The molecule has 1 aromatic carbocycles. The lowest BCUT2D eigenvalue weighted by Crippen LogP contribution is -2.24. The minimum absolute atomic E-state index is 0.0188. The minimum Gasteiger partial charge on any atom is -0.461 e.